The van der Waals surface area contributed by atoms with Gasteiger partial charge in [0, 0.05) is 15.6 Å². The van der Waals surface area contributed by atoms with Crippen molar-refractivity contribution < 1.29 is 4.79 Å². The Hall–Kier alpha value is -2.89. The zero-order chi connectivity index (χ0) is 20.5. The quantitative estimate of drug-likeness (QED) is 0.459. The molecule has 0 radical (unpaired) electrons. The first-order valence-electron chi connectivity index (χ1n) is 9.06. The molecule has 2 aromatic carbocycles. The van der Waals surface area contributed by atoms with Gasteiger partial charge < -0.3 is 9.88 Å². The number of rotatable bonds is 4. The molecule has 5 nitrogen and oxygen atoms in total. The molecule has 29 heavy (non-hydrogen) atoms. The van der Waals surface area contributed by atoms with Gasteiger partial charge in [-0.1, -0.05) is 41.4 Å². The second-order valence-electron chi connectivity index (χ2n) is 6.80. The summed E-state index contributed by atoms with van der Waals surface area (Å²) in [7, 11) is 0. The normalized spacial score (nSPS) is 11.0. The Bertz CT molecular complexity index is 1220. The number of fused-ring (bicyclic) bond motifs is 1. The fraction of sp³-hybridized carbons (Fsp3) is 0.136. The lowest BCUT2D eigenvalue weighted by Crippen LogP contribution is -2.13. The molecule has 2 aromatic heterocycles. The van der Waals surface area contributed by atoms with E-state index in [0.717, 1.165) is 22.6 Å². The van der Waals surface area contributed by atoms with Gasteiger partial charge in [-0.05, 0) is 55.8 Å². The molecule has 0 bridgehead atoms. The van der Waals surface area contributed by atoms with Crippen LogP contribution in [0.15, 0.2) is 54.6 Å². The molecular formula is C22H18Cl2N4O. The number of imidazole rings is 1. The van der Waals surface area contributed by atoms with Crippen LogP contribution in [0.25, 0.3) is 11.2 Å². The first kappa shape index (κ1) is 19.4. The summed E-state index contributed by atoms with van der Waals surface area (Å²) in [5.74, 6) is 0.606. The van der Waals surface area contributed by atoms with Crippen molar-refractivity contribution in [3.8, 4) is 0 Å². The Morgan fingerprint density at radius 1 is 1.00 bits per heavy atom. The van der Waals surface area contributed by atoms with Crippen LogP contribution in [-0.2, 0) is 6.54 Å². The van der Waals surface area contributed by atoms with Crippen LogP contribution in [0.1, 0.15) is 27.4 Å². The van der Waals surface area contributed by atoms with Gasteiger partial charge >= 0.3 is 0 Å². The van der Waals surface area contributed by atoms with Crippen LogP contribution in [0.4, 0.5) is 5.69 Å². The van der Waals surface area contributed by atoms with E-state index in [9.17, 15) is 4.79 Å². The molecule has 0 aliphatic carbocycles. The van der Waals surface area contributed by atoms with Crippen LogP contribution in [0.5, 0.6) is 0 Å². The third-order valence-electron chi connectivity index (χ3n) is 4.69. The second kappa shape index (κ2) is 7.85. The standard InChI is InChI=1S/C22H18Cl2N4O/c1-13-19(27-22(29)16-4-3-5-18(24)10-16)11-20-21(25-13)28(14(2)26-20)12-15-6-8-17(23)9-7-15/h3-11H,12H2,1-2H3,(H,27,29). The van der Waals surface area contributed by atoms with Crippen LogP contribution < -0.4 is 5.32 Å². The molecule has 0 spiro atoms. The number of aromatic nitrogens is 3. The summed E-state index contributed by atoms with van der Waals surface area (Å²) < 4.78 is 2.05. The lowest BCUT2D eigenvalue weighted by molar-refractivity contribution is 0.102. The maximum absolute atomic E-state index is 12.6. The SMILES string of the molecule is Cc1nc2c(cc1NC(=O)c1cccc(Cl)c1)nc(C)n2Cc1ccc(Cl)cc1. The van der Waals surface area contributed by atoms with Crippen molar-refractivity contribution in [3.05, 3.63) is 87.3 Å². The third kappa shape index (κ3) is 4.11. The molecule has 7 heteroatoms. The lowest BCUT2D eigenvalue weighted by Gasteiger charge is -2.10. The van der Waals surface area contributed by atoms with E-state index in [4.69, 9.17) is 28.2 Å². The van der Waals surface area contributed by atoms with Crippen molar-refractivity contribution >= 4 is 46.0 Å². The average Bonchev–Trinajstić information content (AvgIpc) is 2.98. The number of nitrogens with zero attached hydrogens (tertiary/aromatic N) is 3. The first-order valence-corrected chi connectivity index (χ1v) is 9.82. The number of pyridine rings is 1. The number of aryl methyl sites for hydroxylation is 2. The fourth-order valence-corrected chi connectivity index (χ4v) is 3.48. The Balaban J connectivity index is 1.65. The zero-order valence-corrected chi connectivity index (χ0v) is 17.4. The van der Waals surface area contributed by atoms with E-state index >= 15 is 0 Å². The molecule has 0 unspecified atom stereocenters. The van der Waals surface area contributed by atoms with Crippen LogP contribution >= 0.6 is 23.2 Å². The number of benzene rings is 2. The highest BCUT2D eigenvalue weighted by atomic mass is 35.5. The van der Waals surface area contributed by atoms with Crippen LogP contribution in [0.3, 0.4) is 0 Å². The summed E-state index contributed by atoms with van der Waals surface area (Å²) in [6.07, 6.45) is 0. The van der Waals surface area contributed by atoms with Crippen molar-refractivity contribution in [2.75, 3.05) is 5.32 Å². The minimum absolute atomic E-state index is 0.242. The van der Waals surface area contributed by atoms with Crippen LogP contribution in [-0.4, -0.2) is 20.4 Å². The maximum Gasteiger partial charge on any atom is 0.255 e. The third-order valence-corrected chi connectivity index (χ3v) is 5.18. The topological polar surface area (TPSA) is 59.8 Å². The smallest absolute Gasteiger partial charge is 0.255 e. The molecule has 1 amide bonds. The summed E-state index contributed by atoms with van der Waals surface area (Å²) in [6.45, 7) is 4.44. The van der Waals surface area contributed by atoms with E-state index in [-0.39, 0.29) is 5.91 Å². The van der Waals surface area contributed by atoms with Gasteiger partial charge in [0.25, 0.3) is 5.91 Å². The molecule has 1 N–H and O–H groups in total. The Morgan fingerprint density at radius 3 is 2.48 bits per heavy atom. The molecule has 0 atom stereocenters. The minimum atomic E-state index is -0.242. The molecule has 146 valence electrons. The number of anilines is 1. The Kier molecular flexibility index (Phi) is 5.26. The van der Waals surface area contributed by atoms with E-state index in [1.54, 1.807) is 24.3 Å². The van der Waals surface area contributed by atoms with Crippen molar-refractivity contribution in [1.82, 2.24) is 14.5 Å². The predicted octanol–water partition coefficient (Wildman–Crippen LogP) is 5.66. The molecule has 4 rings (SSSR count). The number of hydrogen-bond acceptors (Lipinski definition) is 3. The number of amides is 1. The molecule has 0 saturated heterocycles. The summed E-state index contributed by atoms with van der Waals surface area (Å²) in [6, 6.07) is 16.4. The highest BCUT2D eigenvalue weighted by Crippen LogP contribution is 2.23. The van der Waals surface area contributed by atoms with E-state index in [2.05, 4.69) is 10.3 Å². The Morgan fingerprint density at radius 2 is 1.76 bits per heavy atom. The summed E-state index contributed by atoms with van der Waals surface area (Å²) in [5, 5.41) is 4.12. The summed E-state index contributed by atoms with van der Waals surface area (Å²) in [4.78, 5) is 21.9. The zero-order valence-electron chi connectivity index (χ0n) is 15.9. The number of carbonyl (C=O) groups excluding carboxylic acids is 1. The van der Waals surface area contributed by atoms with Gasteiger partial charge in [-0.25, -0.2) is 9.97 Å². The number of hydrogen-bond donors (Lipinski definition) is 1. The summed E-state index contributed by atoms with van der Waals surface area (Å²) >= 11 is 12.0. The highest BCUT2D eigenvalue weighted by molar-refractivity contribution is 6.31. The highest BCUT2D eigenvalue weighted by Gasteiger charge is 2.15. The monoisotopic (exact) mass is 424 g/mol. The van der Waals surface area contributed by atoms with E-state index in [0.29, 0.717) is 33.5 Å². The molecular weight excluding hydrogens is 407 g/mol. The van der Waals surface area contributed by atoms with Gasteiger partial charge in [0.15, 0.2) is 5.65 Å². The van der Waals surface area contributed by atoms with Crippen molar-refractivity contribution in [1.29, 1.82) is 0 Å². The molecule has 0 aliphatic rings. The lowest BCUT2D eigenvalue weighted by atomic mass is 10.2. The van der Waals surface area contributed by atoms with Gasteiger partial charge in [0.1, 0.15) is 11.3 Å². The second-order valence-corrected chi connectivity index (χ2v) is 7.67. The fourth-order valence-electron chi connectivity index (χ4n) is 3.16. The maximum atomic E-state index is 12.6. The van der Waals surface area contributed by atoms with Crippen LogP contribution in [0.2, 0.25) is 10.0 Å². The van der Waals surface area contributed by atoms with E-state index in [1.807, 2.05) is 48.7 Å². The minimum Gasteiger partial charge on any atom is -0.320 e. The summed E-state index contributed by atoms with van der Waals surface area (Å²) in [5.41, 5.74) is 4.43. The van der Waals surface area contributed by atoms with Gasteiger partial charge in [0.05, 0.1) is 17.9 Å². The van der Waals surface area contributed by atoms with Gasteiger partial charge in [0.2, 0.25) is 0 Å². The largest absolute Gasteiger partial charge is 0.320 e. The van der Waals surface area contributed by atoms with E-state index in [1.165, 1.54) is 0 Å². The number of halogens is 2. The molecule has 0 saturated carbocycles. The number of carbonyl (C=O) groups is 1. The molecule has 0 aliphatic heterocycles. The molecule has 2 heterocycles. The molecule has 0 fully saturated rings. The average molecular weight is 425 g/mol. The van der Waals surface area contributed by atoms with Gasteiger partial charge in [-0.3, -0.25) is 4.79 Å². The first-order chi connectivity index (χ1) is 13.9. The number of nitrogens with one attached hydrogen (secondary N) is 1. The van der Waals surface area contributed by atoms with Gasteiger partial charge in [-0.15, -0.1) is 0 Å². The van der Waals surface area contributed by atoms with E-state index < -0.39 is 0 Å². The van der Waals surface area contributed by atoms with Crippen molar-refractivity contribution in [2.24, 2.45) is 0 Å². The molecule has 4 aromatic rings. The Labute approximate surface area is 178 Å². The van der Waals surface area contributed by atoms with Crippen molar-refractivity contribution in [3.63, 3.8) is 0 Å². The predicted molar refractivity (Wildman–Crippen MR) is 117 cm³/mol. The van der Waals surface area contributed by atoms with Gasteiger partial charge in [-0.2, -0.15) is 0 Å². The van der Waals surface area contributed by atoms with Crippen LogP contribution in [0, 0.1) is 13.8 Å². The van der Waals surface area contributed by atoms with Crippen molar-refractivity contribution in [2.45, 2.75) is 20.4 Å².